The van der Waals surface area contributed by atoms with Crippen LogP contribution in [0.1, 0.15) is 11.1 Å². The van der Waals surface area contributed by atoms with Crippen LogP contribution in [0.15, 0.2) is 60.7 Å². The van der Waals surface area contributed by atoms with Gasteiger partial charge in [0.1, 0.15) is 0 Å². The molecule has 0 spiro atoms. The van der Waals surface area contributed by atoms with E-state index < -0.39 is 0 Å². The van der Waals surface area contributed by atoms with Gasteiger partial charge in [0.15, 0.2) is 5.11 Å². The van der Waals surface area contributed by atoms with Crippen molar-refractivity contribution in [3.05, 3.63) is 71.8 Å². The van der Waals surface area contributed by atoms with Gasteiger partial charge in [-0.25, -0.2) is 0 Å². The van der Waals surface area contributed by atoms with Gasteiger partial charge in [0, 0.05) is 38.4 Å². The summed E-state index contributed by atoms with van der Waals surface area (Å²) in [4.78, 5) is 4.61. The summed E-state index contributed by atoms with van der Waals surface area (Å²) in [6.07, 6.45) is 4.38. The van der Waals surface area contributed by atoms with Gasteiger partial charge in [-0.2, -0.15) is 5.26 Å². The number of anilines is 1. The molecular formula is C21H22N4S. The van der Waals surface area contributed by atoms with Crippen molar-refractivity contribution in [2.24, 2.45) is 0 Å². The average Bonchev–Trinajstić information content (AvgIpc) is 2.69. The van der Waals surface area contributed by atoms with Gasteiger partial charge >= 0.3 is 0 Å². The lowest BCUT2D eigenvalue weighted by Gasteiger charge is -2.35. The molecule has 0 aliphatic carbocycles. The highest BCUT2D eigenvalue weighted by Crippen LogP contribution is 2.12. The van der Waals surface area contributed by atoms with E-state index in [1.54, 1.807) is 6.07 Å². The van der Waals surface area contributed by atoms with Gasteiger partial charge in [0.2, 0.25) is 0 Å². The number of piperazine rings is 1. The molecule has 0 bridgehead atoms. The van der Waals surface area contributed by atoms with Crippen molar-refractivity contribution in [1.82, 2.24) is 9.80 Å². The van der Waals surface area contributed by atoms with Crippen LogP contribution >= 0.6 is 12.2 Å². The smallest absolute Gasteiger partial charge is 0.173 e. The molecule has 1 heterocycles. The standard InChI is InChI=1S/C21H22N4S/c22-17-19-8-4-10-20(16-19)23-21(26)25-14-12-24(13-15-25)11-5-9-18-6-2-1-3-7-18/h1-10,16H,11-15H2,(H,23,26). The van der Waals surface area contributed by atoms with Gasteiger partial charge in [-0.05, 0) is 36.0 Å². The minimum Gasteiger partial charge on any atom is -0.346 e. The third-order valence-electron chi connectivity index (χ3n) is 4.38. The summed E-state index contributed by atoms with van der Waals surface area (Å²) in [5, 5.41) is 12.9. The lowest BCUT2D eigenvalue weighted by atomic mass is 10.2. The Morgan fingerprint density at radius 3 is 2.58 bits per heavy atom. The van der Waals surface area contributed by atoms with Crippen molar-refractivity contribution in [2.45, 2.75) is 0 Å². The predicted octanol–water partition coefficient (Wildman–Crippen LogP) is 3.59. The average molecular weight is 363 g/mol. The molecule has 4 nitrogen and oxygen atoms in total. The van der Waals surface area contributed by atoms with Gasteiger partial charge in [0.05, 0.1) is 11.6 Å². The Morgan fingerprint density at radius 2 is 1.85 bits per heavy atom. The number of thiocarbonyl (C=S) groups is 1. The Kier molecular flexibility index (Phi) is 6.37. The summed E-state index contributed by atoms with van der Waals surface area (Å²) < 4.78 is 0. The molecule has 1 N–H and O–H groups in total. The summed E-state index contributed by atoms with van der Waals surface area (Å²) in [6.45, 7) is 4.73. The fraction of sp³-hybridized carbons (Fsp3) is 0.238. The van der Waals surface area contributed by atoms with Gasteiger partial charge < -0.3 is 10.2 Å². The second-order valence-corrected chi connectivity index (χ2v) is 6.61. The van der Waals surface area contributed by atoms with Crippen LogP contribution in [0, 0.1) is 11.3 Å². The number of nitrogens with one attached hydrogen (secondary N) is 1. The first-order chi connectivity index (χ1) is 12.7. The molecule has 0 aromatic heterocycles. The van der Waals surface area contributed by atoms with Gasteiger partial charge in [-0.15, -0.1) is 0 Å². The second-order valence-electron chi connectivity index (χ2n) is 6.22. The van der Waals surface area contributed by atoms with Crippen molar-refractivity contribution in [3.8, 4) is 6.07 Å². The first-order valence-electron chi connectivity index (χ1n) is 8.74. The molecule has 0 radical (unpaired) electrons. The van der Waals surface area contributed by atoms with Crippen LogP contribution in [0.3, 0.4) is 0 Å². The van der Waals surface area contributed by atoms with Gasteiger partial charge in [0.25, 0.3) is 0 Å². The molecule has 1 fully saturated rings. The molecule has 2 aromatic rings. The van der Waals surface area contributed by atoms with Crippen LogP contribution in [0.4, 0.5) is 5.69 Å². The van der Waals surface area contributed by atoms with Crippen LogP contribution in [0.25, 0.3) is 6.08 Å². The van der Waals surface area contributed by atoms with Crippen LogP contribution < -0.4 is 5.32 Å². The molecule has 0 atom stereocenters. The van der Waals surface area contributed by atoms with E-state index in [4.69, 9.17) is 17.5 Å². The van der Waals surface area contributed by atoms with E-state index in [1.165, 1.54) is 5.56 Å². The molecule has 132 valence electrons. The number of hydrogen-bond donors (Lipinski definition) is 1. The molecule has 1 aliphatic rings. The zero-order valence-corrected chi connectivity index (χ0v) is 15.5. The Labute approximate surface area is 160 Å². The number of nitriles is 1. The highest BCUT2D eigenvalue weighted by atomic mass is 32.1. The predicted molar refractivity (Wildman–Crippen MR) is 111 cm³/mol. The second kappa shape index (κ2) is 9.14. The van der Waals surface area contributed by atoms with Crippen molar-refractivity contribution in [1.29, 1.82) is 5.26 Å². The minimum atomic E-state index is 0.632. The van der Waals surface area contributed by atoms with E-state index in [-0.39, 0.29) is 0 Å². The third kappa shape index (κ3) is 5.16. The maximum atomic E-state index is 8.99. The van der Waals surface area contributed by atoms with E-state index in [9.17, 15) is 0 Å². The fourth-order valence-electron chi connectivity index (χ4n) is 2.90. The topological polar surface area (TPSA) is 42.3 Å². The summed E-state index contributed by atoms with van der Waals surface area (Å²) in [7, 11) is 0. The van der Waals surface area contributed by atoms with Crippen LogP contribution in [-0.4, -0.2) is 47.6 Å². The Balaban J connectivity index is 1.45. The van der Waals surface area contributed by atoms with E-state index in [0.29, 0.717) is 5.56 Å². The fourth-order valence-corrected chi connectivity index (χ4v) is 3.20. The lowest BCUT2D eigenvalue weighted by Crippen LogP contribution is -2.49. The van der Waals surface area contributed by atoms with Gasteiger partial charge in [-0.1, -0.05) is 48.6 Å². The molecule has 1 aliphatic heterocycles. The van der Waals surface area contributed by atoms with Crippen LogP contribution in [0.2, 0.25) is 0 Å². The van der Waals surface area contributed by atoms with E-state index in [0.717, 1.165) is 43.5 Å². The Bertz CT molecular complexity index is 802. The number of rotatable bonds is 4. The van der Waals surface area contributed by atoms with E-state index in [2.05, 4.69) is 57.6 Å². The van der Waals surface area contributed by atoms with E-state index in [1.807, 2.05) is 24.3 Å². The summed E-state index contributed by atoms with van der Waals surface area (Å²) in [5.74, 6) is 0. The van der Waals surface area contributed by atoms with Crippen LogP contribution in [-0.2, 0) is 0 Å². The SMILES string of the molecule is N#Cc1cccc(NC(=S)N2CCN(CC=Cc3ccccc3)CC2)c1. The summed E-state index contributed by atoms with van der Waals surface area (Å²) >= 11 is 5.52. The van der Waals surface area contributed by atoms with Crippen LogP contribution in [0.5, 0.6) is 0 Å². The zero-order valence-electron chi connectivity index (χ0n) is 14.6. The molecule has 0 saturated carbocycles. The van der Waals surface area contributed by atoms with E-state index >= 15 is 0 Å². The highest BCUT2D eigenvalue weighted by Gasteiger charge is 2.18. The Morgan fingerprint density at radius 1 is 1.08 bits per heavy atom. The monoisotopic (exact) mass is 362 g/mol. The molecular weight excluding hydrogens is 340 g/mol. The molecule has 2 aromatic carbocycles. The summed E-state index contributed by atoms with van der Waals surface area (Å²) in [6, 6.07) is 19.9. The Hall–Kier alpha value is -2.68. The number of hydrogen-bond acceptors (Lipinski definition) is 3. The quantitative estimate of drug-likeness (QED) is 0.842. The highest BCUT2D eigenvalue weighted by molar-refractivity contribution is 7.80. The number of benzene rings is 2. The van der Waals surface area contributed by atoms with Crippen molar-refractivity contribution < 1.29 is 0 Å². The molecule has 0 unspecified atom stereocenters. The maximum absolute atomic E-state index is 8.99. The first-order valence-corrected chi connectivity index (χ1v) is 9.15. The maximum Gasteiger partial charge on any atom is 0.173 e. The van der Waals surface area contributed by atoms with Crippen molar-refractivity contribution >= 4 is 29.1 Å². The first kappa shape index (κ1) is 18.1. The molecule has 1 saturated heterocycles. The number of nitrogens with zero attached hydrogens (tertiary/aromatic N) is 3. The molecule has 0 amide bonds. The zero-order chi connectivity index (χ0) is 18.2. The van der Waals surface area contributed by atoms with Crippen molar-refractivity contribution in [3.63, 3.8) is 0 Å². The normalized spacial score (nSPS) is 15.0. The largest absolute Gasteiger partial charge is 0.346 e. The van der Waals surface area contributed by atoms with Crippen molar-refractivity contribution in [2.75, 3.05) is 38.0 Å². The lowest BCUT2D eigenvalue weighted by molar-refractivity contribution is 0.200. The van der Waals surface area contributed by atoms with Gasteiger partial charge in [-0.3, -0.25) is 4.90 Å². The minimum absolute atomic E-state index is 0.632. The third-order valence-corrected chi connectivity index (χ3v) is 4.74. The summed E-state index contributed by atoms with van der Waals surface area (Å²) in [5.41, 5.74) is 2.73. The molecule has 5 heteroatoms. The molecule has 3 rings (SSSR count). The molecule has 26 heavy (non-hydrogen) atoms.